The second kappa shape index (κ2) is 6.70. The average Bonchev–Trinajstić information content (AvgIpc) is 3.16. The van der Waals surface area contributed by atoms with E-state index in [2.05, 4.69) is 5.16 Å². The van der Waals surface area contributed by atoms with Gasteiger partial charge in [-0.25, -0.2) is 9.18 Å². The number of rotatable bonds is 2. The second-order valence-corrected chi connectivity index (χ2v) is 6.91. The standard InChI is InChI=1S/C22H15FN2O4/c23-15-7-5-13(6-8-15)20-17-12-25(10-9-18(17)24-29-20)21(26)16-11-14-3-1-2-4-19(14)28-22(16)27/h1-8,11H,9-10,12H2. The number of para-hydroxylation sites is 1. The van der Waals surface area contributed by atoms with Crippen LogP contribution in [0.3, 0.4) is 0 Å². The van der Waals surface area contributed by atoms with Crippen molar-refractivity contribution in [2.45, 2.75) is 13.0 Å². The molecule has 3 heterocycles. The van der Waals surface area contributed by atoms with Crippen LogP contribution in [-0.4, -0.2) is 22.5 Å². The zero-order chi connectivity index (χ0) is 20.0. The number of carbonyl (C=O) groups is 1. The van der Waals surface area contributed by atoms with Gasteiger partial charge >= 0.3 is 5.63 Å². The minimum absolute atomic E-state index is 0.00747. The van der Waals surface area contributed by atoms with Crippen LogP contribution in [0.2, 0.25) is 0 Å². The Bertz CT molecular complexity index is 1290. The molecule has 144 valence electrons. The molecule has 0 unspecified atom stereocenters. The highest BCUT2D eigenvalue weighted by Crippen LogP contribution is 2.31. The number of benzene rings is 2. The Morgan fingerprint density at radius 1 is 1.10 bits per heavy atom. The summed E-state index contributed by atoms with van der Waals surface area (Å²) in [5, 5.41) is 4.78. The molecule has 5 rings (SSSR count). The molecule has 0 N–H and O–H groups in total. The summed E-state index contributed by atoms with van der Waals surface area (Å²) in [6.45, 7) is 0.657. The summed E-state index contributed by atoms with van der Waals surface area (Å²) in [6.07, 6.45) is 0.505. The summed E-state index contributed by atoms with van der Waals surface area (Å²) < 4.78 is 24.0. The van der Waals surface area contributed by atoms with Crippen molar-refractivity contribution in [1.82, 2.24) is 10.1 Å². The molecule has 0 saturated heterocycles. The smallest absolute Gasteiger partial charge is 0.349 e. The molecule has 6 nitrogen and oxygen atoms in total. The van der Waals surface area contributed by atoms with E-state index in [4.69, 9.17) is 8.94 Å². The van der Waals surface area contributed by atoms with Crippen molar-refractivity contribution in [2.75, 3.05) is 6.54 Å². The minimum atomic E-state index is -0.663. The first-order valence-corrected chi connectivity index (χ1v) is 9.16. The van der Waals surface area contributed by atoms with Gasteiger partial charge in [0, 0.05) is 29.5 Å². The Morgan fingerprint density at radius 3 is 2.72 bits per heavy atom. The van der Waals surface area contributed by atoms with Gasteiger partial charge in [-0.05, 0) is 36.4 Å². The van der Waals surface area contributed by atoms with Gasteiger partial charge in [0.2, 0.25) is 0 Å². The zero-order valence-corrected chi connectivity index (χ0v) is 15.2. The Labute approximate surface area is 164 Å². The van der Waals surface area contributed by atoms with Gasteiger partial charge in [0.05, 0.1) is 12.2 Å². The fourth-order valence-corrected chi connectivity index (χ4v) is 3.60. The van der Waals surface area contributed by atoms with E-state index in [1.165, 1.54) is 12.1 Å². The van der Waals surface area contributed by atoms with Gasteiger partial charge < -0.3 is 13.8 Å². The van der Waals surface area contributed by atoms with Gasteiger partial charge in [0.15, 0.2) is 5.76 Å². The highest BCUT2D eigenvalue weighted by molar-refractivity contribution is 5.96. The first-order chi connectivity index (χ1) is 14.1. The highest BCUT2D eigenvalue weighted by Gasteiger charge is 2.29. The molecular weight excluding hydrogens is 375 g/mol. The molecule has 29 heavy (non-hydrogen) atoms. The van der Waals surface area contributed by atoms with Crippen molar-refractivity contribution in [3.8, 4) is 11.3 Å². The predicted molar refractivity (Wildman–Crippen MR) is 103 cm³/mol. The van der Waals surface area contributed by atoms with Gasteiger partial charge in [-0.2, -0.15) is 0 Å². The molecule has 7 heteroatoms. The first-order valence-electron chi connectivity index (χ1n) is 9.16. The van der Waals surface area contributed by atoms with Crippen molar-refractivity contribution >= 4 is 16.9 Å². The van der Waals surface area contributed by atoms with E-state index in [0.29, 0.717) is 35.3 Å². The van der Waals surface area contributed by atoms with Crippen molar-refractivity contribution in [1.29, 1.82) is 0 Å². The maximum atomic E-state index is 13.2. The van der Waals surface area contributed by atoms with Gasteiger partial charge in [-0.15, -0.1) is 0 Å². The topological polar surface area (TPSA) is 76.6 Å². The van der Waals surface area contributed by atoms with E-state index in [9.17, 15) is 14.0 Å². The average molecular weight is 390 g/mol. The number of nitrogens with zero attached hydrogens (tertiary/aromatic N) is 2. The van der Waals surface area contributed by atoms with E-state index >= 15 is 0 Å². The van der Waals surface area contributed by atoms with Crippen LogP contribution in [-0.2, 0) is 13.0 Å². The Kier molecular flexibility index (Phi) is 4.01. The third-order valence-corrected chi connectivity index (χ3v) is 5.10. The molecular formula is C22H15FN2O4. The van der Waals surface area contributed by atoms with Crippen molar-refractivity contribution in [3.63, 3.8) is 0 Å². The van der Waals surface area contributed by atoms with Crippen LogP contribution in [0.1, 0.15) is 21.6 Å². The minimum Gasteiger partial charge on any atom is -0.422 e. The fourth-order valence-electron chi connectivity index (χ4n) is 3.60. The molecule has 1 aliphatic heterocycles. The molecule has 0 bridgehead atoms. The van der Waals surface area contributed by atoms with Crippen LogP contribution in [0.25, 0.3) is 22.3 Å². The number of halogens is 1. The predicted octanol–water partition coefficient (Wildman–Crippen LogP) is 3.79. The Morgan fingerprint density at radius 2 is 1.90 bits per heavy atom. The third kappa shape index (κ3) is 3.00. The molecule has 1 aliphatic rings. The summed E-state index contributed by atoms with van der Waals surface area (Å²) in [4.78, 5) is 27.0. The number of aromatic nitrogens is 1. The van der Waals surface area contributed by atoms with Crippen LogP contribution < -0.4 is 5.63 Å². The molecule has 2 aromatic carbocycles. The maximum Gasteiger partial charge on any atom is 0.349 e. The molecule has 2 aromatic heterocycles. The highest BCUT2D eigenvalue weighted by atomic mass is 19.1. The van der Waals surface area contributed by atoms with Gasteiger partial charge in [-0.3, -0.25) is 4.79 Å². The number of amides is 1. The summed E-state index contributed by atoms with van der Waals surface area (Å²) in [6, 6.07) is 14.5. The first kappa shape index (κ1) is 17.4. The summed E-state index contributed by atoms with van der Waals surface area (Å²) >= 11 is 0. The zero-order valence-electron chi connectivity index (χ0n) is 15.2. The number of hydrogen-bond acceptors (Lipinski definition) is 5. The maximum absolute atomic E-state index is 13.2. The third-order valence-electron chi connectivity index (χ3n) is 5.10. The van der Waals surface area contributed by atoms with Gasteiger partial charge in [0.1, 0.15) is 17.0 Å². The molecule has 0 spiro atoms. The fraction of sp³-hybridized carbons (Fsp3) is 0.136. The number of hydrogen-bond donors (Lipinski definition) is 0. The lowest BCUT2D eigenvalue weighted by Gasteiger charge is -2.26. The molecule has 0 radical (unpaired) electrons. The van der Waals surface area contributed by atoms with Crippen LogP contribution in [0.5, 0.6) is 0 Å². The van der Waals surface area contributed by atoms with E-state index in [1.807, 2.05) is 6.07 Å². The second-order valence-electron chi connectivity index (χ2n) is 6.91. The van der Waals surface area contributed by atoms with Gasteiger partial charge in [-0.1, -0.05) is 23.4 Å². The Balaban J connectivity index is 1.49. The van der Waals surface area contributed by atoms with Crippen LogP contribution in [0.15, 0.2) is 68.3 Å². The lowest BCUT2D eigenvalue weighted by molar-refractivity contribution is 0.0730. The lowest BCUT2D eigenvalue weighted by Crippen LogP contribution is -2.38. The SMILES string of the molecule is O=C(c1cc2ccccc2oc1=O)N1CCc2noc(-c3ccc(F)cc3)c2C1. The van der Waals surface area contributed by atoms with Crippen LogP contribution in [0, 0.1) is 5.82 Å². The number of fused-ring (bicyclic) bond motifs is 2. The quantitative estimate of drug-likeness (QED) is 0.487. The van der Waals surface area contributed by atoms with Crippen molar-refractivity contribution < 1.29 is 18.1 Å². The van der Waals surface area contributed by atoms with Crippen LogP contribution in [0.4, 0.5) is 4.39 Å². The van der Waals surface area contributed by atoms with E-state index in [0.717, 1.165) is 11.3 Å². The molecule has 0 fully saturated rings. The normalized spacial score (nSPS) is 13.5. The monoisotopic (exact) mass is 390 g/mol. The molecule has 0 aliphatic carbocycles. The molecule has 0 saturated carbocycles. The Hall–Kier alpha value is -3.74. The lowest BCUT2D eigenvalue weighted by atomic mass is 10.0. The van der Waals surface area contributed by atoms with Crippen molar-refractivity contribution in [2.24, 2.45) is 0 Å². The molecule has 4 aromatic rings. The summed E-state index contributed by atoms with van der Waals surface area (Å²) in [5.41, 5.74) is 1.98. The molecule has 1 amide bonds. The van der Waals surface area contributed by atoms with Gasteiger partial charge in [0.25, 0.3) is 5.91 Å². The number of carbonyl (C=O) groups excluding carboxylic acids is 1. The van der Waals surface area contributed by atoms with Crippen molar-refractivity contribution in [3.05, 3.63) is 87.7 Å². The summed E-state index contributed by atoms with van der Waals surface area (Å²) in [7, 11) is 0. The van der Waals surface area contributed by atoms with E-state index in [1.54, 1.807) is 41.3 Å². The summed E-state index contributed by atoms with van der Waals surface area (Å²) in [5.74, 6) is -0.244. The van der Waals surface area contributed by atoms with E-state index < -0.39 is 11.5 Å². The molecule has 0 atom stereocenters. The van der Waals surface area contributed by atoms with Crippen LogP contribution >= 0.6 is 0 Å². The van der Waals surface area contributed by atoms with E-state index in [-0.39, 0.29) is 17.9 Å². The largest absolute Gasteiger partial charge is 0.422 e.